The first-order chi connectivity index (χ1) is 10.1. The SMILES string of the molecule is COC1CCCN(Cc2cc(CNCC(C)C)c(C)o2)C1. The molecule has 4 nitrogen and oxygen atoms in total. The minimum atomic E-state index is 0.377. The van der Waals surface area contributed by atoms with E-state index in [1.165, 1.54) is 18.4 Å². The molecule has 21 heavy (non-hydrogen) atoms. The molecule has 2 heterocycles. The molecule has 1 N–H and O–H groups in total. The highest BCUT2D eigenvalue weighted by Crippen LogP contribution is 2.19. The number of rotatable bonds is 7. The zero-order valence-electron chi connectivity index (χ0n) is 13.9. The van der Waals surface area contributed by atoms with Crippen LogP contribution in [0.1, 0.15) is 43.8 Å². The number of furan rings is 1. The molecule has 0 amide bonds. The molecule has 1 saturated heterocycles. The van der Waals surface area contributed by atoms with Gasteiger partial charge in [-0.05, 0) is 44.8 Å². The maximum atomic E-state index is 5.92. The van der Waals surface area contributed by atoms with Gasteiger partial charge in [0.1, 0.15) is 11.5 Å². The van der Waals surface area contributed by atoms with E-state index in [0.717, 1.165) is 44.2 Å². The van der Waals surface area contributed by atoms with Gasteiger partial charge in [0, 0.05) is 25.8 Å². The van der Waals surface area contributed by atoms with Gasteiger partial charge in [-0.2, -0.15) is 0 Å². The number of ether oxygens (including phenoxy) is 1. The van der Waals surface area contributed by atoms with Gasteiger partial charge in [0.15, 0.2) is 0 Å². The second-order valence-corrected chi connectivity index (χ2v) is 6.55. The van der Waals surface area contributed by atoms with Gasteiger partial charge in [0.2, 0.25) is 0 Å². The van der Waals surface area contributed by atoms with Crippen LogP contribution in [-0.2, 0) is 17.8 Å². The molecule has 0 radical (unpaired) electrons. The number of hydrogen-bond acceptors (Lipinski definition) is 4. The Bertz CT molecular complexity index is 428. The van der Waals surface area contributed by atoms with Crippen LogP contribution in [-0.4, -0.2) is 37.7 Å². The van der Waals surface area contributed by atoms with Crippen molar-refractivity contribution < 1.29 is 9.15 Å². The van der Waals surface area contributed by atoms with Gasteiger partial charge in [-0.3, -0.25) is 4.90 Å². The Balaban J connectivity index is 1.86. The maximum Gasteiger partial charge on any atom is 0.118 e. The summed E-state index contributed by atoms with van der Waals surface area (Å²) in [7, 11) is 1.81. The largest absolute Gasteiger partial charge is 0.465 e. The van der Waals surface area contributed by atoms with E-state index in [1.54, 1.807) is 0 Å². The lowest BCUT2D eigenvalue weighted by Crippen LogP contribution is -2.38. The van der Waals surface area contributed by atoms with Crippen LogP contribution in [0.5, 0.6) is 0 Å². The summed E-state index contributed by atoms with van der Waals surface area (Å²) in [5, 5.41) is 3.48. The number of methoxy groups -OCH3 is 1. The van der Waals surface area contributed by atoms with Gasteiger partial charge in [-0.1, -0.05) is 13.8 Å². The number of nitrogens with one attached hydrogen (secondary N) is 1. The Morgan fingerprint density at radius 1 is 1.48 bits per heavy atom. The Hall–Kier alpha value is -0.840. The third-order valence-corrected chi connectivity index (χ3v) is 4.11. The summed E-state index contributed by atoms with van der Waals surface area (Å²) in [5.41, 5.74) is 1.28. The van der Waals surface area contributed by atoms with Crippen LogP contribution in [0.25, 0.3) is 0 Å². The van der Waals surface area contributed by atoms with Gasteiger partial charge in [0.05, 0.1) is 12.6 Å². The average Bonchev–Trinajstić information content (AvgIpc) is 2.79. The van der Waals surface area contributed by atoms with Crippen molar-refractivity contribution in [1.82, 2.24) is 10.2 Å². The Labute approximate surface area is 128 Å². The zero-order valence-corrected chi connectivity index (χ0v) is 13.9. The molecule has 0 aliphatic carbocycles. The molecular formula is C17H30N2O2. The molecule has 1 aromatic heterocycles. The van der Waals surface area contributed by atoms with Gasteiger partial charge in [-0.15, -0.1) is 0 Å². The number of aryl methyl sites for hydroxylation is 1. The first-order valence-corrected chi connectivity index (χ1v) is 8.12. The van der Waals surface area contributed by atoms with Crippen molar-refractivity contribution in [3.63, 3.8) is 0 Å². The molecule has 0 aromatic carbocycles. The number of hydrogen-bond donors (Lipinski definition) is 1. The Kier molecular flexibility index (Phi) is 6.27. The van der Waals surface area contributed by atoms with Crippen molar-refractivity contribution >= 4 is 0 Å². The van der Waals surface area contributed by atoms with Gasteiger partial charge >= 0.3 is 0 Å². The molecule has 120 valence electrons. The topological polar surface area (TPSA) is 37.6 Å². The van der Waals surface area contributed by atoms with Crippen LogP contribution in [0.2, 0.25) is 0 Å². The molecule has 1 aromatic rings. The fourth-order valence-corrected chi connectivity index (χ4v) is 2.91. The van der Waals surface area contributed by atoms with E-state index in [2.05, 4.69) is 37.1 Å². The molecule has 1 aliphatic rings. The van der Waals surface area contributed by atoms with Crippen LogP contribution in [0, 0.1) is 12.8 Å². The molecule has 0 spiro atoms. The summed E-state index contributed by atoms with van der Waals surface area (Å²) in [4.78, 5) is 2.43. The van der Waals surface area contributed by atoms with Crippen molar-refractivity contribution in [2.24, 2.45) is 5.92 Å². The Morgan fingerprint density at radius 3 is 3.00 bits per heavy atom. The third-order valence-electron chi connectivity index (χ3n) is 4.11. The van der Waals surface area contributed by atoms with Crippen molar-refractivity contribution in [1.29, 1.82) is 0 Å². The summed E-state index contributed by atoms with van der Waals surface area (Å²) in [6.45, 7) is 11.5. The van der Waals surface area contributed by atoms with Gasteiger partial charge < -0.3 is 14.5 Å². The minimum absolute atomic E-state index is 0.377. The summed E-state index contributed by atoms with van der Waals surface area (Å²) in [6, 6.07) is 2.21. The maximum absolute atomic E-state index is 5.92. The van der Waals surface area contributed by atoms with Crippen LogP contribution < -0.4 is 5.32 Å². The second kappa shape index (κ2) is 7.97. The fraction of sp³-hybridized carbons (Fsp3) is 0.765. The summed E-state index contributed by atoms with van der Waals surface area (Å²) in [5.74, 6) is 2.79. The quantitative estimate of drug-likeness (QED) is 0.839. The molecule has 1 atom stereocenters. The summed E-state index contributed by atoms with van der Waals surface area (Å²) in [6.07, 6.45) is 2.76. The highest BCUT2D eigenvalue weighted by atomic mass is 16.5. The number of piperidine rings is 1. The van der Waals surface area contributed by atoms with Gasteiger partial charge in [0.25, 0.3) is 0 Å². The first-order valence-electron chi connectivity index (χ1n) is 8.12. The highest BCUT2D eigenvalue weighted by molar-refractivity contribution is 5.20. The summed E-state index contributed by atoms with van der Waals surface area (Å²) >= 11 is 0. The molecule has 1 unspecified atom stereocenters. The smallest absolute Gasteiger partial charge is 0.118 e. The molecule has 2 rings (SSSR count). The normalized spacial score (nSPS) is 20.3. The van der Waals surface area contributed by atoms with E-state index in [0.29, 0.717) is 12.0 Å². The van der Waals surface area contributed by atoms with E-state index < -0.39 is 0 Å². The fourth-order valence-electron chi connectivity index (χ4n) is 2.91. The summed E-state index contributed by atoms with van der Waals surface area (Å²) < 4.78 is 11.4. The van der Waals surface area contributed by atoms with E-state index in [9.17, 15) is 0 Å². The lowest BCUT2D eigenvalue weighted by molar-refractivity contribution is 0.0263. The highest BCUT2D eigenvalue weighted by Gasteiger charge is 2.20. The zero-order chi connectivity index (χ0) is 15.2. The molecule has 1 fully saturated rings. The van der Waals surface area contributed by atoms with Crippen LogP contribution in [0.15, 0.2) is 10.5 Å². The minimum Gasteiger partial charge on any atom is -0.465 e. The van der Waals surface area contributed by atoms with Crippen molar-refractivity contribution in [3.8, 4) is 0 Å². The van der Waals surface area contributed by atoms with E-state index in [4.69, 9.17) is 9.15 Å². The second-order valence-electron chi connectivity index (χ2n) is 6.55. The molecular weight excluding hydrogens is 264 g/mol. The van der Waals surface area contributed by atoms with Crippen molar-refractivity contribution in [2.45, 2.75) is 52.8 Å². The third kappa shape index (κ3) is 5.13. The van der Waals surface area contributed by atoms with Crippen LogP contribution in [0.4, 0.5) is 0 Å². The van der Waals surface area contributed by atoms with E-state index >= 15 is 0 Å². The molecule has 4 heteroatoms. The predicted molar refractivity (Wildman–Crippen MR) is 85.3 cm³/mol. The van der Waals surface area contributed by atoms with Crippen LogP contribution in [0.3, 0.4) is 0 Å². The van der Waals surface area contributed by atoms with Crippen LogP contribution >= 0.6 is 0 Å². The molecule has 1 aliphatic heterocycles. The van der Waals surface area contributed by atoms with E-state index in [-0.39, 0.29) is 0 Å². The molecule has 0 bridgehead atoms. The number of nitrogens with zero attached hydrogens (tertiary/aromatic N) is 1. The lowest BCUT2D eigenvalue weighted by atomic mass is 10.1. The first kappa shape index (κ1) is 16.5. The van der Waals surface area contributed by atoms with Crippen molar-refractivity contribution in [3.05, 3.63) is 23.2 Å². The number of likely N-dealkylation sites (tertiary alicyclic amines) is 1. The monoisotopic (exact) mass is 294 g/mol. The molecule has 0 saturated carbocycles. The Morgan fingerprint density at radius 2 is 2.29 bits per heavy atom. The van der Waals surface area contributed by atoms with Gasteiger partial charge in [-0.25, -0.2) is 0 Å². The van der Waals surface area contributed by atoms with Crippen molar-refractivity contribution in [2.75, 3.05) is 26.7 Å². The predicted octanol–water partition coefficient (Wildman–Crippen LogP) is 2.94. The average molecular weight is 294 g/mol. The lowest BCUT2D eigenvalue weighted by Gasteiger charge is -2.31. The standard InChI is InChI=1S/C17H30N2O2/c1-13(2)9-18-10-15-8-17(21-14(15)3)12-19-7-5-6-16(11-19)20-4/h8,13,16,18H,5-7,9-12H2,1-4H3. The van der Waals surface area contributed by atoms with E-state index in [1.807, 2.05) is 7.11 Å².